The van der Waals surface area contributed by atoms with Crippen LogP contribution in [-0.4, -0.2) is 13.1 Å². The van der Waals surface area contributed by atoms with E-state index in [1.807, 2.05) is 7.05 Å². The zero-order valence-electron chi connectivity index (χ0n) is 10.1. The molecule has 0 saturated carbocycles. The van der Waals surface area contributed by atoms with E-state index in [1.54, 1.807) is 0 Å². The quantitative estimate of drug-likeness (QED) is 0.639. The molecule has 0 aromatic carbocycles. The minimum atomic E-state index is 0.543. The molecule has 80 valence electrons. The maximum absolute atomic E-state index is 3.29. The van der Waals surface area contributed by atoms with Crippen molar-refractivity contribution in [2.24, 2.45) is 5.41 Å². The summed E-state index contributed by atoms with van der Waals surface area (Å²) in [6.07, 6.45) is 6.72. The standard InChI is InChI=1S/C12H27N/c1-6-7-9-12(3,4)10-8-11(2)13-5/h11,13H,6-10H2,1-5H3. The summed E-state index contributed by atoms with van der Waals surface area (Å²) in [5.41, 5.74) is 0.543. The molecule has 0 radical (unpaired) electrons. The fourth-order valence-electron chi connectivity index (χ4n) is 1.53. The second kappa shape index (κ2) is 6.42. The Morgan fingerprint density at radius 2 is 1.85 bits per heavy atom. The van der Waals surface area contributed by atoms with Gasteiger partial charge in [0.25, 0.3) is 0 Å². The molecular formula is C12H27N. The van der Waals surface area contributed by atoms with Gasteiger partial charge in [-0.15, -0.1) is 0 Å². The van der Waals surface area contributed by atoms with Crippen molar-refractivity contribution >= 4 is 0 Å². The summed E-state index contributed by atoms with van der Waals surface area (Å²) >= 11 is 0. The van der Waals surface area contributed by atoms with Crippen molar-refractivity contribution in [1.82, 2.24) is 5.32 Å². The normalized spacial score (nSPS) is 14.5. The van der Waals surface area contributed by atoms with Crippen LogP contribution in [0, 0.1) is 5.41 Å². The van der Waals surface area contributed by atoms with Crippen LogP contribution >= 0.6 is 0 Å². The van der Waals surface area contributed by atoms with E-state index in [2.05, 4.69) is 33.0 Å². The average Bonchev–Trinajstić information content (AvgIpc) is 2.11. The lowest BCUT2D eigenvalue weighted by Crippen LogP contribution is -2.23. The minimum absolute atomic E-state index is 0.543. The summed E-state index contributed by atoms with van der Waals surface area (Å²) in [6.45, 7) is 9.32. The molecule has 0 aromatic rings. The second-order valence-electron chi connectivity index (χ2n) is 5.00. The summed E-state index contributed by atoms with van der Waals surface area (Å²) in [6, 6.07) is 0.668. The van der Waals surface area contributed by atoms with Crippen LogP contribution in [0.4, 0.5) is 0 Å². The van der Waals surface area contributed by atoms with Crippen molar-refractivity contribution in [3.63, 3.8) is 0 Å². The van der Waals surface area contributed by atoms with Gasteiger partial charge in [0.15, 0.2) is 0 Å². The molecule has 0 bridgehead atoms. The first-order chi connectivity index (χ1) is 6.02. The monoisotopic (exact) mass is 185 g/mol. The molecule has 13 heavy (non-hydrogen) atoms. The summed E-state index contributed by atoms with van der Waals surface area (Å²) < 4.78 is 0. The van der Waals surface area contributed by atoms with Gasteiger partial charge in [-0.2, -0.15) is 0 Å². The Hall–Kier alpha value is -0.0400. The maximum atomic E-state index is 3.29. The highest BCUT2D eigenvalue weighted by atomic mass is 14.8. The predicted molar refractivity (Wildman–Crippen MR) is 61.1 cm³/mol. The number of hydrogen-bond acceptors (Lipinski definition) is 1. The Balaban J connectivity index is 3.61. The molecule has 1 heteroatoms. The minimum Gasteiger partial charge on any atom is -0.317 e. The topological polar surface area (TPSA) is 12.0 Å². The van der Waals surface area contributed by atoms with Crippen LogP contribution in [0.5, 0.6) is 0 Å². The van der Waals surface area contributed by atoms with Gasteiger partial charge in [-0.3, -0.25) is 0 Å². The summed E-state index contributed by atoms with van der Waals surface area (Å²) in [5, 5.41) is 3.29. The van der Waals surface area contributed by atoms with E-state index in [9.17, 15) is 0 Å². The first-order valence-corrected chi connectivity index (χ1v) is 5.69. The van der Waals surface area contributed by atoms with Gasteiger partial charge in [0.2, 0.25) is 0 Å². The SMILES string of the molecule is CCCCC(C)(C)CCC(C)NC. The molecule has 1 unspecified atom stereocenters. The van der Waals surface area contributed by atoms with Gasteiger partial charge in [0.05, 0.1) is 0 Å². The third-order valence-electron chi connectivity index (χ3n) is 2.95. The van der Waals surface area contributed by atoms with E-state index in [1.165, 1.54) is 32.1 Å². The van der Waals surface area contributed by atoms with Crippen LogP contribution in [0.25, 0.3) is 0 Å². The van der Waals surface area contributed by atoms with Gasteiger partial charge in [0.1, 0.15) is 0 Å². The molecule has 0 rings (SSSR count). The predicted octanol–water partition coefficient (Wildman–Crippen LogP) is 3.59. The molecular weight excluding hydrogens is 158 g/mol. The van der Waals surface area contributed by atoms with Gasteiger partial charge in [-0.1, -0.05) is 33.6 Å². The largest absolute Gasteiger partial charge is 0.317 e. The van der Waals surface area contributed by atoms with Crippen molar-refractivity contribution in [3.8, 4) is 0 Å². The van der Waals surface area contributed by atoms with Crippen molar-refractivity contribution in [2.75, 3.05) is 7.05 Å². The van der Waals surface area contributed by atoms with Crippen LogP contribution in [0.2, 0.25) is 0 Å². The van der Waals surface area contributed by atoms with Crippen LogP contribution in [0.15, 0.2) is 0 Å². The van der Waals surface area contributed by atoms with Crippen LogP contribution in [0.1, 0.15) is 59.8 Å². The van der Waals surface area contributed by atoms with Crippen molar-refractivity contribution in [1.29, 1.82) is 0 Å². The molecule has 1 nitrogen and oxygen atoms in total. The third kappa shape index (κ3) is 7.06. The first kappa shape index (κ1) is 13.0. The molecule has 1 N–H and O–H groups in total. The van der Waals surface area contributed by atoms with E-state index in [0.717, 1.165) is 0 Å². The Morgan fingerprint density at radius 1 is 1.23 bits per heavy atom. The fraction of sp³-hybridized carbons (Fsp3) is 1.00. The van der Waals surface area contributed by atoms with Crippen molar-refractivity contribution < 1.29 is 0 Å². The van der Waals surface area contributed by atoms with Gasteiger partial charge in [-0.05, 0) is 38.6 Å². The van der Waals surface area contributed by atoms with E-state index >= 15 is 0 Å². The third-order valence-corrected chi connectivity index (χ3v) is 2.95. The Labute approximate surface area is 84.3 Å². The maximum Gasteiger partial charge on any atom is 0.00359 e. The number of nitrogens with one attached hydrogen (secondary N) is 1. The molecule has 0 aromatic heterocycles. The van der Waals surface area contributed by atoms with Crippen LogP contribution in [-0.2, 0) is 0 Å². The van der Waals surface area contributed by atoms with Gasteiger partial charge in [0, 0.05) is 6.04 Å². The lowest BCUT2D eigenvalue weighted by atomic mass is 9.82. The lowest BCUT2D eigenvalue weighted by Gasteiger charge is -2.26. The Bertz CT molecular complexity index is 118. The fourth-order valence-corrected chi connectivity index (χ4v) is 1.53. The van der Waals surface area contributed by atoms with E-state index in [4.69, 9.17) is 0 Å². The summed E-state index contributed by atoms with van der Waals surface area (Å²) in [7, 11) is 2.05. The second-order valence-corrected chi connectivity index (χ2v) is 5.00. The molecule has 0 aliphatic heterocycles. The average molecular weight is 185 g/mol. The molecule has 1 atom stereocenters. The number of hydrogen-bond donors (Lipinski definition) is 1. The first-order valence-electron chi connectivity index (χ1n) is 5.69. The number of rotatable bonds is 7. The molecule has 0 aliphatic carbocycles. The van der Waals surface area contributed by atoms with Gasteiger partial charge in [-0.25, -0.2) is 0 Å². The summed E-state index contributed by atoms with van der Waals surface area (Å²) in [4.78, 5) is 0. The molecule has 0 amide bonds. The Morgan fingerprint density at radius 3 is 2.31 bits per heavy atom. The van der Waals surface area contributed by atoms with Crippen LogP contribution < -0.4 is 5.32 Å². The molecule has 0 spiro atoms. The molecule has 0 heterocycles. The van der Waals surface area contributed by atoms with E-state index in [-0.39, 0.29) is 0 Å². The zero-order valence-corrected chi connectivity index (χ0v) is 10.1. The molecule has 0 fully saturated rings. The van der Waals surface area contributed by atoms with Crippen molar-refractivity contribution in [3.05, 3.63) is 0 Å². The highest BCUT2D eigenvalue weighted by molar-refractivity contribution is 4.71. The molecule has 0 aliphatic rings. The van der Waals surface area contributed by atoms with Crippen molar-refractivity contribution in [2.45, 2.75) is 65.8 Å². The highest BCUT2D eigenvalue weighted by Crippen LogP contribution is 2.29. The zero-order chi connectivity index (χ0) is 10.3. The summed E-state index contributed by atoms with van der Waals surface area (Å²) in [5.74, 6) is 0. The van der Waals surface area contributed by atoms with Crippen LogP contribution in [0.3, 0.4) is 0 Å². The lowest BCUT2D eigenvalue weighted by molar-refractivity contribution is 0.277. The highest BCUT2D eigenvalue weighted by Gasteiger charge is 2.17. The smallest absolute Gasteiger partial charge is 0.00359 e. The number of unbranched alkanes of at least 4 members (excludes halogenated alkanes) is 1. The molecule has 0 saturated heterocycles. The van der Waals surface area contributed by atoms with E-state index < -0.39 is 0 Å². The van der Waals surface area contributed by atoms with Gasteiger partial charge >= 0.3 is 0 Å². The van der Waals surface area contributed by atoms with E-state index in [0.29, 0.717) is 11.5 Å². The Kier molecular flexibility index (Phi) is 6.40. The van der Waals surface area contributed by atoms with Gasteiger partial charge < -0.3 is 5.32 Å².